The summed E-state index contributed by atoms with van der Waals surface area (Å²) in [6, 6.07) is 17.0. The van der Waals surface area contributed by atoms with Gasteiger partial charge in [0.05, 0.1) is 0 Å². The Morgan fingerprint density at radius 1 is 0.941 bits per heavy atom. The first-order valence-electron chi connectivity index (χ1n) is 5.28. The van der Waals surface area contributed by atoms with Gasteiger partial charge in [0, 0.05) is 10.6 Å². The highest BCUT2D eigenvalue weighted by Crippen LogP contribution is 2.21. The van der Waals surface area contributed by atoms with Crippen LogP contribution >= 0.6 is 11.6 Å². The predicted molar refractivity (Wildman–Crippen MR) is 71.8 cm³/mol. The Labute approximate surface area is 105 Å². The fourth-order valence-corrected chi connectivity index (χ4v) is 1.77. The lowest BCUT2D eigenvalue weighted by molar-refractivity contribution is -0.103. The average Bonchev–Trinajstić information content (AvgIpc) is 2.39. The molecule has 0 fully saturated rings. The predicted octanol–water partition coefficient (Wildman–Crippen LogP) is 4.08. The summed E-state index contributed by atoms with van der Waals surface area (Å²) in [5, 5.41) is 0.641. The Morgan fingerprint density at radius 2 is 1.59 bits per heavy atom. The molecule has 84 valence electrons. The molecule has 1 nitrogen and oxygen atoms in total. The number of aldehydes is 1. The number of hydrogen-bond acceptors (Lipinski definition) is 1. The van der Waals surface area contributed by atoms with Crippen LogP contribution < -0.4 is 0 Å². The largest absolute Gasteiger partial charge is 0.298 e. The Morgan fingerprint density at radius 3 is 2.24 bits per heavy atom. The van der Waals surface area contributed by atoms with E-state index in [4.69, 9.17) is 11.6 Å². The third-order valence-electron chi connectivity index (χ3n) is 2.45. The molecule has 17 heavy (non-hydrogen) atoms. The van der Waals surface area contributed by atoms with Crippen LogP contribution in [0, 0.1) is 0 Å². The molecule has 0 unspecified atom stereocenters. The first-order chi connectivity index (χ1) is 8.31. The van der Waals surface area contributed by atoms with Crippen molar-refractivity contribution in [2.24, 2.45) is 0 Å². The maximum Gasteiger partial charge on any atom is 0.150 e. The summed E-state index contributed by atoms with van der Waals surface area (Å²) < 4.78 is 0. The maximum atomic E-state index is 11.1. The summed E-state index contributed by atoms with van der Waals surface area (Å²) in [6.07, 6.45) is 2.64. The number of hydrogen-bond donors (Lipinski definition) is 0. The highest BCUT2D eigenvalue weighted by atomic mass is 35.5. The Balaban J connectivity index is 2.44. The van der Waals surface area contributed by atoms with Crippen molar-refractivity contribution in [3.63, 3.8) is 0 Å². The highest BCUT2D eigenvalue weighted by Gasteiger charge is 2.01. The summed E-state index contributed by atoms with van der Waals surface area (Å²) in [6.45, 7) is 0. The van der Waals surface area contributed by atoms with Gasteiger partial charge in [-0.2, -0.15) is 0 Å². The van der Waals surface area contributed by atoms with E-state index in [1.807, 2.05) is 48.5 Å². The normalized spacial score (nSPS) is 11.2. The van der Waals surface area contributed by atoms with Crippen LogP contribution in [0.2, 0.25) is 5.02 Å². The molecule has 0 amide bonds. The summed E-state index contributed by atoms with van der Waals surface area (Å²) in [5.74, 6) is 0. The van der Waals surface area contributed by atoms with E-state index in [1.54, 1.807) is 12.1 Å². The summed E-state index contributed by atoms with van der Waals surface area (Å²) >= 11 is 6.05. The fraction of sp³-hybridized carbons (Fsp3) is 0. The van der Waals surface area contributed by atoms with Crippen molar-refractivity contribution < 1.29 is 4.79 Å². The number of benzene rings is 2. The number of carbonyl (C=O) groups excluding carboxylic acids is 1. The van der Waals surface area contributed by atoms with Crippen LogP contribution in [0.25, 0.3) is 11.6 Å². The standard InChI is InChI=1S/C15H11ClO/c16-15-9-5-4-8-13(15)10-14(11-17)12-6-2-1-3-7-12/h1-11H/b14-10-. The van der Waals surface area contributed by atoms with Crippen LogP contribution in [0.4, 0.5) is 0 Å². The van der Waals surface area contributed by atoms with Crippen molar-refractivity contribution in [2.75, 3.05) is 0 Å². The third-order valence-corrected chi connectivity index (χ3v) is 2.79. The molecular formula is C15H11ClO. The van der Waals surface area contributed by atoms with Crippen molar-refractivity contribution in [2.45, 2.75) is 0 Å². The van der Waals surface area contributed by atoms with Crippen molar-refractivity contribution in [1.82, 2.24) is 0 Å². The Hall–Kier alpha value is -1.86. The molecule has 0 saturated carbocycles. The molecule has 2 aromatic rings. The lowest BCUT2D eigenvalue weighted by atomic mass is 10.0. The first kappa shape index (κ1) is 11.6. The summed E-state index contributed by atoms with van der Waals surface area (Å²) in [4.78, 5) is 11.1. The first-order valence-corrected chi connectivity index (χ1v) is 5.66. The van der Waals surface area contributed by atoms with E-state index in [2.05, 4.69) is 0 Å². The molecule has 0 aliphatic carbocycles. The van der Waals surface area contributed by atoms with Crippen molar-refractivity contribution in [3.05, 3.63) is 70.7 Å². The summed E-state index contributed by atoms with van der Waals surface area (Å²) in [7, 11) is 0. The molecule has 2 heteroatoms. The molecule has 0 atom stereocenters. The van der Waals surface area contributed by atoms with Gasteiger partial charge in [0.15, 0.2) is 6.29 Å². The van der Waals surface area contributed by atoms with Crippen LogP contribution in [0.1, 0.15) is 11.1 Å². The quantitative estimate of drug-likeness (QED) is 0.450. The molecule has 0 bridgehead atoms. The van der Waals surface area contributed by atoms with Gasteiger partial charge in [0.25, 0.3) is 0 Å². The van der Waals surface area contributed by atoms with Crippen LogP contribution in [0.15, 0.2) is 54.6 Å². The van der Waals surface area contributed by atoms with Gasteiger partial charge in [0.1, 0.15) is 0 Å². The molecular weight excluding hydrogens is 232 g/mol. The second-order valence-electron chi connectivity index (χ2n) is 3.61. The number of halogens is 1. The van der Waals surface area contributed by atoms with E-state index in [9.17, 15) is 4.79 Å². The van der Waals surface area contributed by atoms with Gasteiger partial charge < -0.3 is 0 Å². The zero-order valence-electron chi connectivity index (χ0n) is 9.14. The molecule has 0 spiro atoms. The van der Waals surface area contributed by atoms with Crippen molar-refractivity contribution in [1.29, 1.82) is 0 Å². The van der Waals surface area contributed by atoms with Gasteiger partial charge >= 0.3 is 0 Å². The average molecular weight is 243 g/mol. The molecule has 0 N–H and O–H groups in total. The second-order valence-corrected chi connectivity index (χ2v) is 4.01. The summed E-state index contributed by atoms with van der Waals surface area (Å²) in [5.41, 5.74) is 2.36. The minimum absolute atomic E-state index is 0.624. The number of rotatable bonds is 3. The second kappa shape index (κ2) is 5.46. The van der Waals surface area contributed by atoms with E-state index in [1.165, 1.54) is 0 Å². The molecule has 2 aromatic carbocycles. The van der Waals surface area contributed by atoms with E-state index in [0.717, 1.165) is 17.4 Å². The number of carbonyl (C=O) groups is 1. The van der Waals surface area contributed by atoms with Crippen LogP contribution in [0.3, 0.4) is 0 Å². The highest BCUT2D eigenvalue weighted by molar-refractivity contribution is 6.32. The van der Waals surface area contributed by atoms with Crippen LogP contribution in [-0.4, -0.2) is 6.29 Å². The topological polar surface area (TPSA) is 17.1 Å². The molecule has 0 radical (unpaired) electrons. The molecule has 0 aromatic heterocycles. The Kier molecular flexibility index (Phi) is 3.73. The Bertz CT molecular complexity index is 544. The van der Waals surface area contributed by atoms with Gasteiger partial charge in [-0.25, -0.2) is 0 Å². The van der Waals surface area contributed by atoms with Gasteiger partial charge in [-0.1, -0.05) is 60.1 Å². The third kappa shape index (κ3) is 2.83. The zero-order valence-corrected chi connectivity index (χ0v) is 9.89. The van der Waals surface area contributed by atoms with Crippen LogP contribution in [0.5, 0.6) is 0 Å². The molecule has 0 aliphatic rings. The van der Waals surface area contributed by atoms with Gasteiger partial charge in [-0.15, -0.1) is 0 Å². The fourth-order valence-electron chi connectivity index (χ4n) is 1.58. The zero-order chi connectivity index (χ0) is 12.1. The van der Waals surface area contributed by atoms with Crippen molar-refractivity contribution in [3.8, 4) is 0 Å². The van der Waals surface area contributed by atoms with Crippen molar-refractivity contribution >= 4 is 29.5 Å². The molecule has 0 heterocycles. The molecule has 0 saturated heterocycles. The monoisotopic (exact) mass is 242 g/mol. The smallest absolute Gasteiger partial charge is 0.150 e. The maximum absolute atomic E-state index is 11.1. The number of allylic oxidation sites excluding steroid dienone is 1. The van der Waals surface area contributed by atoms with E-state index >= 15 is 0 Å². The minimum Gasteiger partial charge on any atom is -0.298 e. The van der Waals surface area contributed by atoms with E-state index < -0.39 is 0 Å². The molecule has 2 rings (SSSR count). The lowest BCUT2D eigenvalue weighted by Crippen LogP contribution is -1.85. The van der Waals surface area contributed by atoms with E-state index in [-0.39, 0.29) is 0 Å². The van der Waals surface area contributed by atoms with Crippen LogP contribution in [-0.2, 0) is 4.79 Å². The van der Waals surface area contributed by atoms with E-state index in [0.29, 0.717) is 10.6 Å². The SMILES string of the molecule is O=C/C(=C/c1ccccc1Cl)c1ccccc1. The van der Waals surface area contributed by atoms with Gasteiger partial charge in [-0.3, -0.25) is 4.79 Å². The minimum atomic E-state index is 0.624. The van der Waals surface area contributed by atoms with Gasteiger partial charge in [-0.05, 0) is 23.3 Å². The lowest BCUT2D eigenvalue weighted by Gasteiger charge is -2.02. The molecule has 0 aliphatic heterocycles. The van der Waals surface area contributed by atoms with Gasteiger partial charge in [0.2, 0.25) is 0 Å².